The molecule has 0 saturated heterocycles. The van der Waals surface area contributed by atoms with Gasteiger partial charge in [-0.3, -0.25) is 4.79 Å². The molecule has 0 aliphatic rings. The predicted octanol–water partition coefficient (Wildman–Crippen LogP) is 3.04. The fraction of sp³-hybridized carbons (Fsp3) is 0.364. The van der Waals surface area contributed by atoms with Crippen LogP contribution in [0.25, 0.3) is 0 Å². The summed E-state index contributed by atoms with van der Waals surface area (Å²) in [6.07, 6.45) is 7.10. The molecule has 2 nitrogen and oxygen atoms in total. The summed E-state index contributed by atoms with van der Waals surface area (Å²) in [6.45, 7) is 2.04. The molecule has 1 N–H and O–H groups in total. The van der Waals surface area contributed by atoms with Crippen LogP contribution in [0.2, 0.25) is 0 Å². The lowest BCUT2D eigenvalue weighted by molar-refractivity contribution is 0.0948. The van der Waals surface area contributed by atoms with Crippen molar-refractivity contribution in [3.63, 3.8) is 0 Å². The van der Waals surface area contributed by atoms with E-state index in [0.717, 1.165) is 16.6 Å². The highest BCUT2D eigenvalue weighted by atomic mass is 79.9. The van der Waals surface area contributed by atoms with E-state index in [0.29, 0.717) is 4.88 Å². The van der Waals surface area contributed by atoms with Gasteiger partial charge >= 0.3 is 0 Å². The van der Waals surface area contributed by atoms with E-state index in [1.54, 1.807) is 6.07 Å². The van der Waals surface area contributed by atoms with E-state index in [2.05, 4.69) is 27.2 Å². The fourth-order valence-electron chi connectivity index (χ4n) is 1.15. The molecule has 0 aliphatic heterocycles. The molecule has 15 heavy (non-hydrogen) atoms. The molecular formula is C11H12BrNOS. The zero-order valence-electron chi connectivity index (χ0n) is 8.42. The number of rotatable bonds is 4. The van der Waals surface area contributed by atoms with Crippen molar-refractivity contribution in [1.29, 1.82) is 0 Å². The lowest BCUT2D eigenvalue weighted by Crippen LogP contribution is -2.33. The molecule has 1 aromatic heterocycles. The highest BCUT2D eigenvalue weighted by Crippen LogP contribution is 2.21. The van der Waals surface area contributed by atoms with Gasteiger partial charge in [0, 0.05) is 0 Å². The first-order chi connectivity index (χ1) is 7.17. The molecule has 1 heterocycles. The smallest absolute Gasteiger partial charge is 0.262 e. The van der Waals surface area contributed by atoms with E-state index in [4.69, 9.17) is 6.42 Å². The third-order valence-corrected chi connectivity index (χ3v) is 3.50. The topological polar surface area (TPSA) is 29.1 Å². The van der Waals surface area contributed by atoms with Gasteiger partial charge in [0.2, 0.25) is 0 Å². The van der Waals surface area contributed by atoms with Crippen LogP contribution in [0.4, 0.5) is 0 Å². The maximum atomic E-state index is 11.7. The van der Waals surface area contributed by atoms with E-state index in [-0.39, 0.29) is 11.9 Å². The number of thiophene rings is 1. The summed E-state index contributed by atoms with van der Waals surface area (Å²) in [6, 6.07) is 3.47. The molecule has 0 saturated carbocycles. The molecule has 4 heteroatoms. The van der Waals surface area contributed by atoms with Crippen LogP contribution >= 0.6 is 27.3 Å². The Labute approximate surface area is 102 Å². The number of halogens is 1. The number of hydrogen-bond acceptors (Lipinski definition) is 2. The molecule has 0 bridgehead atoms. The van der Waals surface area contributed by atoms with Gasteiger partial charge in [0.15, 0.2) is 0 Å². The van der Waals surface area contributed by atoms with Gasteiger partial charge < -0.3 is 5.32 Å². The van der Waals surface area contributed by atoms with Gasteiger partial charge in [0.05, 0.1) is 14.7 Å². The Hall–Kier alpha value is -0.790. The minimum atomic E-state index is -0.164. The summed E-state index contributed by atoms with van der Waals surface area (Å²) in [5, 5.41) is 2.81. The quantitative estimate of drug-likeness (QED) is 0.847. The highest BCUT2D eigenvalue weighted by molar-refractivity contribution is 9.11. The van der Waals surface area contributed by atoms with Crippen LogP contribution < -0.4 is 5.32 Å². The second-order valence-electron chi connectivity index (χ2n) is 3.09. The van der Waals surface area contributed by atoms with Crippen molar-refractivity contribution in [1.82, 2.24) is 5.32 Å². The SMILES string of the molecule is C#CC(CCC)NC(=O)c1ccc(Br)s1. The molecule has 1 unspecified atom stereocenters. The number of amides is 1. The van der Waals surface area contributed by atoms with Gasteiger partial charge in [-0.25, -0.2) is 0 Å². The third kappa shape index (κ3) is 3.69. The average Bonchev–Trinajstić information content (AvgIpc) is 2.64. The second-order valence-corrected chi connectivity index (χ2v) is 5.55. The molecule has 1 atom stereocenters. The standard InChI is InChI=1S/C11H12BrNOS/c1-3-5-8(4-2)13-11(14)9-6-7-10(12)15-9/h2,6-8H,3,5H2,1H3,(H,13,14). The molecule has 0 aromatic carbocycles. The zero-order chi connectivity index (χ0) is 11.3. The Morgan fingerprint density at radius 3 is 2.93 bits per heavy atom. The zero-order valence-corrected chi connectivity index (χ0v) is 10.8. The number of nitrogens with one attached hydrogen (secondary N) is 1. The van der Waals surface area contributed by atoms with Gasteiger partial charge in [0.1, 0.15) is 0 Å². The number of terminal acetylenes is 1. The monoisotopic (exact) mass is 285 g/mol. The van der Waals surface area contributed by atoms with E-state index in [9.17, 15) is 4.79 Å². The Kier molecular flexibility index (Phi) is 4.86. The summed E-state index contributed by atoms with van der Waals surface area (Å²) in [5.74, 6) is 2.48. The maximum Gasteiger partial charge on any atom is 0.262 e. The summed E-state index contributed by atoms with van der Waals surface area (Å²) in [5.41, 5.74) is 0. The Bertz CT molecular complexity index is 380. The third-order valence-electron chi connectivity index (χ3n) is 1.88. The van der Waals surface area contributed by atoms with Gasteiger partial charge in [-0.05, 0) is 34.5 Å². The highest BCUT2D eigenvalue weighted by Gasteiger charge is 2.12. The van der Waals surface area contributed by atoms with Gasteiger partial charge in [-0.1, -0.05) is 19.3 Å². The van der Waals surface area contributed by atoms with E-state index in [1.165, 1.54) is 11.3 Å². The Morgan fingerprint density at radius 2 is 2.47 bits per heavy atom. The number of hydrogen-bond donors (Lipinski definition) is 1. The number of carbonyl (C=O) groups excluding carboxylic acids is 1. The maximum absolute atomic E-state index is 11.7. The van der Waals surface area contributed by atoms with Crippen molar-refractivity contribution in [3.05, 3.63) is 20.8 Å². The summed E-state index contributed by atoms with van der Waals surface area (Å²) >= 11 is 4.72. The van der Waals surface area contributed by atoms with Crippen LogP contribution in [0.3, 0.4) is 0 Å². The van der Waals surface area contributed by atoms with Crippen molar-refractivity contribution < 1.29 is 4.79 Å². The van der Waals surface area contributed by atoms with E-state index >= 15 is 0 Å². The van der Waals surface area contributed by atoms with Crippen LogP contribution in [0, 0.1) is 12.3 Å². The van der Waals surface area contributed by atoms with Crippen molar-refractivity contribution in [3.8, 4) is 12.3 Å². The Morgan fingerprint density at radius 1 is 1.73 bits per heavy atom. The Balaban J connectivity index is 2.59. The van der Waals surface area contributed by atoms with Crippen molar-refractivity contribution in [2.45, 2.75) is 25.8 Å². The molecule has 0 spiro atoms. The molecule has 1 amide bonds. The van der Waals surface area contributed by atoms with Crippen LogP contribution in [0.5, 0.6) is 0 Å². The van der Waals surface area contributed by atoms with Crippen molar-refractivity contribution in [2.24, 2.45) is 0 Å². The van der Waals surface area contributed by atoms with Gasteiger partial charge in [-0.15, -0.1) is 17.8 Å². The minimum absolute atomic E-state index is 0.0953. The summed E-state index contributed by atoms with van der Waals surface area (Å²) in [4.78, 5) is 12.4. The van der Waals surface area contributed by atoms with Crippen molar-refractivity contribution in [2.75, 3.05) is 0 Å². The molecule has 1 aromatic rings. The van der Waals surface area contributed by atoms with E-state index < -0.39 is 0 Å². The molecular weight excluding hydrogens is 274 g/mol. The van der Waals surface area contributed by atoms with Gasteiger partial charge in [-0.2, -0.15) is 0 Å². The number of carbonyl (C=O) groups is 1. The fourth-order valence-corrected chi connectivity index (χ4v) is 2.44. The summed E-state index contributed by atoms with van der Waals surface area (Å²) < 4.78 is 0.945. The first-order valence-corrected chi connectivity index (χ1v) is 6.30. The lowest BCUT2D eigenvalue weighted by atomic mass is 10.2. The minimum Gasteiger partial charge on any atom is -0.338 e. The molecule has 0 radical (unpaired) electrons. The van der Waals surface area contributed by atoms with Crippen LogP contribution in [0.15, 0.2) is 15.9 Å². The largest absolute Gasteiger partial charge is 0.338 e. The summed E-state index contributed by atoms with van der Waals surface area (Å²) in [7, 11) is 0. The normalized spacial score (nSPS) is 11.8. The predicted molar refractivity (Wildman–Crippen MR) is 67.0 cm³/mol. The molecule has 0 aliphatic carbocycles. The molecule has 80 valence electrons. The van der Waals surface area contributed by atoms with Crippen LogP contribution in [0.1, 0.15) is 29.4 Å². The van der Waals surface area contributed by atoms with Gasteiger partial charge in [0.25, 0.3) is 5.91 Å². The lowest BCUT2D eigenvalue weighted by Gasteiger charge is -2.10. The first-order valence-electron chi connectivity index (χ1n) is 4.69. The van der Waals surface area contributed by atoms with Crippen LogP contribution in [-0.4, -0.2) is 11.9 Å². The molecule has 1 rings (SSSR count). The molecule has 0 fully saturated rings. The van der Waals surface area contributed by atoms with Crippen LogP contribution in [-0.2, 0) is 0 Å². The first kappa shape index (κ1) is 12.3. The van der Waals surface area contributed by atoms with E-state index in [1.807, 2.05) is 13.0 Å². The van der Waals surface area contributed by atoms with Crippen molar-refractivity contribution >= 4 is 33.2 Å². The second kappa shape index (κ2) is 5.94. The average molecular weight is 286 g/mol.